The minimum atomic E-state index is -4.78. The Labute approximate surface area is 94.5 Å². The van der Waals surface area contributed by atoms with Gasteiger partial charge in [-0.2, -0.15) is 13.2 Å². The monoisotopic (exact) mass is 251 g/mol. The Morgan fingerprint density at radius 3 is 2.35 bits per heavy atom. The van der Waals surface area contributed by atoms with E-state index in [0.29, 0.717) is 12.1 Å². The average molecular weight is 251 g/mol. The molecule has 0 saturated heterocycles. The summed E-state index contributed by atoms with van der Waals surface area (Å²) in [5.74, 6) is -2.23. The average Bonchev–Trinajstić information content (AvgIpc) is 2.25. The van der Waals surface area contributed by atoms with Crippen molar-refractivity contribution in [3.63, 3.8) is 0 Å². The molecule has 17 heavy (non-hydrogen) atoms. The summed E-state index contributed by atoms with van der Waals surface area (Å²) in [5.41, 5.74) is -1.63. The second-order valence-corrected chi connectivity index (χ2v) is 3.18. The van der Waals surface area contributed by atoms with Crippen LogP contribution in [0.5, 0.6) is 0 Å². The van der Waals surface area contributed by atoms with Crippen LogP contribution in [0, 0.1) is 5.82 Å². The second kappa shape index (κ2) is 4.70. The number of hydrogen-bond donors (Lipinski definition) is 0. The SMILES string of the molecule is CON(C)C(=O)c1ccc(C(F)(F)F)c(F)c1. The number of halogens is 4. The molecule has 0 atom stereocenters. The minimum Gasteiger partial charge on any atom is -0.274 e. The van der Waals surface area contributed by atoms with E-state index in [0.717, 1.165) is 11.1 Å². The highest BCUT2D eigenvalue weighted by molar-refractivity contribution is 5.93. The van der Waals surface area contributed by atoms with Gasteiger partial charge in [0, 0.05) is 12.6 Å². The van der Waals surface area contributed by atoms with Gasteiger partial charge >= 0.3 is 6.18 Å². The maximum Gasteiger partial charge on any atom is 0.419 e. The van der Waals surface area contributed by atoms with E-state index in [-0.39, 0.29) is 5.56 Å². The van der Waals surface area contributed by atoms with Crippen LogP contribution >= 0.6 is 0 Å². The lowest BCUT2D eigenvalue weighted by Gasteiger charge is -2.14. The highest BCUT2D eigenvalue weighted by Crippen LogP contribution is 2.31. The van der Waals surface area contributed by atoms with E-state index in [1.54, 1.807) is 0 Å². The minimum absolute atomic E-state index is 0.222. The fraction of sp³-hybridized carbons (Fsp3) is 0.300. The lowest BCUT2D eigenvalue weighted by atomic mass is 10.1. The van der Waals surface area contributed by atoms with Crippen LogP contribution in [-0.2, 0) is 11.0 Å². The first-order valence-corrected chi connectivity index (χ1v) is 4.46. The van der Waals surface area contributed by atoms with Gasteiger partial charge in [0.15, 0.2) is 0 Å². The van der Waals surface area contributed by atoms with Gasteiger partial charge in [-0.15, -0.1) is 0 Å². The van der Waals surface area contributed by atoms with Crippen LogP contribution in [0.25, 0.3) is 0 Å². The number of nitrogens with zero attached hydrogens (tertiary/aromatic N) is 1. The zero-order chi connectivity index (χ0) is 13.2. The second-order valence-electron chi connectivity index (χ2n) is 3.18. The molecule has 94 valence electrons. The topological polar surface area (TPSA) is 29.5 Å². The number of rotatable bonds is 2. The van der Waals surface area contributed by atoms with Gasteiger partial charge in [-0.1, -0.05) is 0 Å². The van der Waals surface area contributed by atoms with Crippen LogP contribution in [-0.4, -0.2) is 25.1 Å². The summed E-state index contributed by atoms with van der Waals surface area (Å²) in [7, 11) is 2.47. The molecule has 1 amide bonds. The van der Waals surface area contributed by atoms with Crippen molar-refractivity contribution in [2.24, 2.45) is 0 Å². The summed E-state index contributed by atoms with van der Waals surface area (Å²) in [6, 6.07) is 1.94. The molecule has 0 aliphatic carbocycles. The molecule has 1 aromatic rings. The van der Waals surface area contributed by atoms with Gasteiger partial charge in [0.1, 0.15) is 5.82 Å². The molecule has 0 saturated carbocycles. The summed E-state index contributed by atoms with van der Waals surface area (Å²) in [6.45, 7) is 0. The fourth-order valence-electron chi connectivity index (χ4n) is 1.14. The third-order valence-corrected chi connectivity index (χ3v) is 2.08. The number of benzene rings is 1. The third kappa shape index (κ3) is 2.94. The lowest BCUT2D eigenvalue weighted by Crippen LogP contribution is -2.25. The van der Waals surface area contributed by atoms with Crippen molar-refractivity contribution in [3.8, 4) is 0 Å². The van der Waals surface area contributed by atoms with Gasteiger partial charge in [0.25, 0.3) is 5.91 Å². The standard InChI is InChI=1S/C10H9F4NO2/c1-15(17-2)9(16)6-3-4-7(8(11)5-6)10(12,13)14/h3-5H,1-2H3. The molecule has 0 spiro atoms. The van der Waals surface area contributed by atoms with E-state index >= 15 is 0 Å². The van der Waals surface area contributed by atoms with E-state index in [1.165, 1.54) is 14.2 Å². The number of carbonyl (C=O) groups is 1. The first-order chi connectivity index (χ1) is 7.77. The molecule has 0 bridgehead atoms. The van der Waals surface area contributed by atoms with E-state index in [4.69, 9.17) is 0 Å². The predicted octanol–water partition coefficient (Wildman–Crippen LogP) is 2.48. The van der Waals surface area contributed by atoms with Gasteiger partial charge in [-0.05, 0) is 18.2 Å². The summed E-state index contributed by atoms with van der Waals surface area (Å²) in [4.78, 5) is 16.0. The molecule has 0 aromatic heterocycles. The van der Waals surface area contributed by atoms with Crippen molar-refractivity contribution in [2.45, 2.75) is 6.18 Å². The Bertz CT molecular complexity index is 431. The van der Waals surface area contributed by atoms with Gasteiger partial charge in [0.2, 0.25) is 0 Å². The van der Waals surface area contributed by atoms with Gasteiger partial charge in [0.05, 0.1) is 12.7 Å². The molecule has 1 rings (SSSR count). The van der Waals surface area contributed by atoms with Crippen LogP contribution in [0.2, 0.25) is 0 Å². The fourth-order valence-corrected chi connectivity index (χ4v) is 1.14. The molecular formula is C10H9F4NO2. The molecule has 0 aliphatic heterocycles. The molecular weight excluding hydrogens is 242 g/mol. The van der Waals surface area contributed by atoms with Crippen molar-refractivity contribution in [1.29, 1.82) is 0 Å². The Morgan fingerprint density at radius 2 is 1.94 bits per heavy atom. The van der Waals surface area contributed by atoms with Gasteiger partial charge in [-0.25, -0.2) is 9.45 Å². The Kier molecular flexibility index (Phi) is 3.72. The first kappa shape index (κ1) is 13.4. The molecule has 0 heterocycles. The number of carbonyl (C=O) groups excluding carboxylic acids is 1. The van der Waals surface area contributed by atoms with Gasteiger partial charge in [-0.3, -0.25) is 9.63 Å². The van der Waals surface area contributed by atoms with Crippen LogP contribution in [0.4, 0.5) is 17.6 Å². The van der Waals surface area contributed by atoms with Crippen LogP contribution in [0.1, 0.15) is 15.9 Å². The Hall–Kier alpha value is -1.63. The summed E-state index contributed by atoms with van der Waals surface area (Å²) >= 11 is 0. The number of hydroxylamine groups is 2. The molecule has 0 N–H and O–H groups in total. The maximum absolute atomic E-state index is 13.1. The number of amides is 1. The smallest absolute Gasteiger partial charge is 0.274 e. The van der Waals surface area contributed by atoms with E-state index in [2.05, 4.69) is 4.84 Å². The van der Waals surface area contributed by atoms with Crippen LogP contribution in [0.15, 0.2) is 18.2 Å². The quantitative estimate of drug-likeness (QED) is 0.597. The number of hydrogen-bond acceptors (Lipinski definition) is 2. The zero-order valence-electron chi connectivity index (χ0n) is 9.01. The highest BCUT2D eigenvalue weighted by Gasteiger charge is 2.34. The number of alkyl halides is 3. The largest absolute Gasteiger partial charge is 0.419 e. The van der Waals surface area contributed by atoms with E-state index in [9.17, 15) is 22.4 Å². The summed E-state index contributed by atoms with van der Waals surface area (Å²) in [5, 5.41) is 0.780. The molecule has 0 aliphatic rings. The normalized spacial score (nSPS) is 11.4. The van der Waals surface area contributed by atoms with Crippen molar-refractivity contribution < 1.29 is 27.2 Å². The molecule has 0 unspecified atom stereocenters. The van der Waals surface area contributed by atoms with Gasteiger partial charge < -0.3 is 0 Å². The summed E-state index contributed by atoms with van der Waals surface area (Å²) in [6.07, 6.45) is -4.78. The molecule has 0 fully saturated rings. The lowest BCUT2D eigenvalue weighted by molar-refractivity contribution is -0.140. The zero-order valence-corrected chi connectivity index (χ0v) is 9.01. The Balaban J connectivity index is 3.09. The molecule has 0 radical (unpaired) electrons. The molecule has 7 heteroatoms. The first-order valence-electron chi connectivity index (χ1n) is 4.46. The maximum atomic E-state index is 13.1. The van der Waals surface area contributed by atoms with Crippen molar-refractivity contribution in [2.75, 3.05) is 14.2 Å². The summed E-state index contributed by atoms with van der Waals surface area (Å²) < 4.78 is 49.9. The van der Waals surface area contributed by atoms with E-state index in [1.807, 2.05) is 0 Å². The van der Waals surface area contributed by atoms with Crippen molar-refractivity contribution in [3.05, 3.63) is 35.1 Å². The van der Waals surface area contributed by atoms with E-state index < -0.39 is 23.5 Å². The predicted molar refractivity (Wildman–Crippen MR) is 50.5 cm³/mol. The highest BCUT2D eigenvalue weighted by atomic mass is 19.4. The van der Waals surface area contributed by atoms with Crippen LogP contribution in [0.3, 0.4) is 0 Å². The van der Waals surface area contributed by atoms with Crippen molar-refractivity contribution >= 4 is 5.91 Å². The molecule has 1 aromatic carbocycles. The van der Waals surface area contributed by atoms with Crippen molar-refractivity contribution in [1.82, 2.24) is 5.06 Å². The molecule has 3 nitrogen and oxygen atoms in total. The van der Waals surface area contributed by atoms with Crippen LogP contribution < -0.4 is 0 Å². The third-order valence-electron chi connectivity index (χ3n) is 2.08. The Morgan fingerprint density at radius 1 is 1.35 bits per heavy atom.